The number of aliphatic hydroxyl groups is 1. The highest BCUT2D eigenvalue weighted by Crippen LogP contribution is 2.22. The first-order valence-corrected chi connectivity index (χ1v) is 13.3. The number of halogens is 1. The Bertz CT molecular complexity index is 830. The summed E-state index contributed by atoms with van der Waals surface area (Å²) in [5.41, 5.74) is 0. The Hall–Kier alpha value is -1.23. The molecule has 1 aromatic carbocycles. The van der Waals surface area contributed by atoms with Crippen LogP contribution in [0.15, 0.2) is 29.2 Å². The molecule has 0 saturated carbocycles. The van der Waals surface area contributed by atoms with Gasteiger partial charge >= 0.3 is 0 Å². The standard InChI is InChI=1S/C22H34ClN3O5S/c23-17-4-7-19(8-5-17)32(29,30)24-12-10-18-6-9-20(21(16-27)31-18)25-22(28)11-15-26-13-2-1-3-14-26/h4-5,7-8,18,20-21,24,27H,1-3,6,9-16H2,(H,25,28)/t18-,20-,21-/m0/s1. The van der Waals surface area contributed by atoms with Gasteiger partial charge in [0.25, 0.3) is 0 Å². The van der Waals surface area contributed by atoms with E-state index in [0.29, 0.717) is 30.7 Å². The molecule has 0 radical (unpaired) electrons. The number of likely N-dealkylation sites (tertiary alicyclic amines) is 1. The Labute approximate surface area is 195 Å². The third-order valence-electron chi connectivity index (χ3n) is 6.13. The second-order valence-corrected chi connectivity index (χ2v) is 10.7. The number of ether oxygens (including phenoxy) is 1. The van der Waals surface area contributed by atoms with Crippen LogP contribution in [0.25, 0.3) is 0 Å². The molecule has 3 atom stereocenters. The third kappa shape index (κ3) is 7.67. The van der Waals surface area contributed by atoms with Gasteiger partial charge in [0.15, 0.2) is 0 Å². The molecule has 2 saturated heterocycles. The van der Waals surface area contributed by atoms with E-state index in [4.69, 9.17) is 16.3 Å². The molecule has 2 fully saturated rings. The van der Waals surface area contributed by atoms with Crippen molar-refractivity contribution in [3.05, 3.63) is 29.3 Å². The number of nitrogens with one attached hydrogen (secondary N) is 2. The SMILES string of the molecule is O=C(CCN1CCCCC1)N[C@H]1CC[C@@H](CCNS(=O)(=O)c2ccc(Cl)cc2)O[C@H]1CO. The summed E-state index contributed by atoms with van der Waals surface area (Å²) in [6.45, 7) is 2.91. The second-order valence-electron chi connectivity index (χ2n) is 8.52. The second kappa shape index (κ2) is 12.3. The van der Waals surface area contributed by atoms with Gasteiger partial charge in [-0.3, -0.25) is 4.79 Å². The summed E-state index contributed by atoms with van der Waals surface area (Å²) in [5, 5.41) is 13.2. The van der Waals surface area contributed by atoms with Crippen LogP contribution in [0.4, 0.5) is 0 Å². The average Bonchev–Trinajstić information content (AvgIpc) is 2.79. The minimum absolute atomic E-state index is 0.0169. The first kappa shape index (κ1) is 25.4. The van der Waals surface area contributed by atoms with Gasteiger partial charge in [0.05, 0.1) is 23.6 Å². The normalized spacial score (nSPS) is 24.9. The molecular formula is C22H34ClN3O5S. The van der Waals surface area contributed by atoms with Crippen LogP contribution in [0.5, 0.6) is 0 Å². The van der Waals surface area contributed by atoms with Gasteiger partial charge < -0.3 is 20.1 Å². The van der Waals surface area contributed by atoms with Crippen molar-refractivity contribution < 1.29 is 23.1 Å². The Morgan fingerprint density at radius 3 is 2.56 bits per heavy atom. The van der Waals surface area contributed by atoms with Crippen LogP contribution in [-0.4, -0.2) is 75.4 Å². The highest BCUT2D eigenvalue weighted by atomic mass is 35.5. The molecule has 0 aliphatic carbocycles. The third-order valence-corrected chi connectivity index (χ3v) is 7.86. The van der Waals surface area contributed by atoms with Crippen molar-refractivity contribution in [3.8, 4) is 0 Å². The quantitative estimate of drug-likeness (QED) is 0.465. The van der Waals surface area contributed by atoms with Crippen LogP contribution in [0.3, 0.4) is 0 Å². The lowest BCUT2D eigenvalue weighted by Gasteiger charge is -2.36. The topological polar surface area (TPSA) is 108 Å². The van der Waals surface area contributed by atoms with Crippen LogP contribution in [0, 0.1) is 0 Å². The molecule has 1 aromatic rings. The number of piperidine rings is 1. The number of rotatable bonds is 10. The summed E-state index contributed by atoms with van der Waals surface area (Å²) >= 11 is 5.81. The van der Waals surface area contributed by atoms with Gasteiger partial charge in [-0.2, -0.15) is 0 Å². The van der Waals surface area contributed by atoms with E-state index < -0.39 is 16.1 Å². The predicted octanol–water partition coefficient (Wildman–Crippen LogP) is 1.91. The molecule has 180 valence electrons. The Kier molecular flexibility index (Phi) is 9.76. The van der Waals surface area contributed by atoms with E-state index in [1.165, 1.54) is 43.5 Å². The Morgan fingerprint density at radius 1 is 1.16 bits per heavy atom. The van der Waals surface area contributed by atoms with Gasteiger partial charge in [0.2, 0.25) is 15.9 Å². The summed E-state index contributed by atoms with van der Waals surface area (Å²) in [6, 6.07) is 5.76. The molecule has 10 heteroatoms. The minimum Gasteiger partial charge on any atom is -0.394 e. The Balaban J connectivity index is 1.39. The summed E-state index contributed by atoms with van der Waals surface area (Å²) in [6.07, 6.45) is 5.31. The van der Waals surface area contributed by atoms with E-state index in [9.17, 15) is 18.3 Å². The number of carbonyl (C=O) groups is 1. The lowest BCUT2D eigenvalue weighted by Crippen LogP contribution is -2.51. The molecule has 2 aliphatic heterocycles. The molecule has 1 amide bonds. The van der Waals surface area contributed by atoms with Gasteiger partial charge in [-0.1, -0.05) is 18.0 Å². The van der Waals surface area contributed by atoms with Crippen LogP contribution >= 0.6 is 11.6 Å². The molecule has 0 aromatic heterocycles. The average molecular weight is 488 g/mol. The lowest BCUT2D eigenvalue weighted by atomic mass is 9.97. The minimum atomic E-state index is -3.61. The highest BCUT2D eigenvalue weighted by molar-refractivity contribution is 7.89. The Morgan fingerprint density at radius 2 is 1.88 bits per heavy atom. The van der Waals surface area contributed by atoms with Crippen molar-refractivity contribution in [1.29, 1.82) is 0 Å². The van der Waals surface area contributed by atoms with E-state index in [0.717, 1.165) is 19.6 Å². The highest BCUT2D eigenvalue weighted by Gasteiger charge is 2.32. The maximum absolute atomic E-state index is 12.4. The molecule has 0 unspecified atom stereocenters. The van der Waals surface area contributed by atoms with Crippen molar-refractivity contribution in [3.63, 3.8) is 0 Å². The van der Waals surface area contributed by atoms with Crippen LogP contribution < -0.4 is 10.0 Å². The molecule has 3 rings (SSSR count). The van der Waals surface area contributed by atoms with Crippen molar-refractivity contribution in [2.24, 2.45) is 0 Å². The fraction of sp³-hybridized carbons (Fsp3) is 0.682. The molecule has 2 heterocycles. The largest absolute Gasteiger partial charge is 0.394 e. The van der Waals surface area contributed by atoms with E-state index in [2.05, 4.69) is 14.9 Å². The molecule has 0 bridgehead atoms. The fourth-order valence-electron chi connectivity index (χ4n) is 4.28. The maximum Gasteiger partial charge on any atom is 0.240 e. The number of sulfonamides is 1. The molecule has 3 N–H and O–H groups in total. The fourth-order valence-corrected chi connectivity index (χ4v) is 5.46. The number of amides is 1. The zero-order valence-electron chi connectivity index (χ0n) is 18.3. The maximum atomic E-state index is 12.4. The van der Waals surface area contributed by atoms with E-state index in [1.807, 2.05) is 0 Å². The van der Waals surface area contributed by atoms with E-state index >= 15 is 0 Å². The van der Waals surface area contributed by atoms with Crippen molar-refractivity contribution in [2.75, 3.05) is 32.8 Å². The van der Waals surface area contributed by atoms with Crippen LogP contribution in [0.1, 0.15) is 44.9 Å². The molecule has 0 spiro atoms. The summed E-state index contributed by atoms with van der Waals surface area (Å²) in [4.78, 5) is 14.9. The van der Waals surface area contributed by atoms with Gasteiger partial charge in [0.1, 0.15) is 6.10 Å². The summed E-state index contributed by atoms with van der Waals surface area (Å²) in [5.74, 6) is -0.0169. The smallest absolute Gasteiger partial charge is 0.240 e. The zero-order chi connectivity index (χ0) is 23.0. The van der Waals surface area contributed by atoms with Crippen molar-refractivity contribution in [2.45, 2.75) is 68.1 Å². The number of carbonyl (C=O) groups excluding carboxylic acids is 1. The molecule has 8 nitrogen and oxygen atoms in total. The van der Waals surface area contributed by atoms with Gasteiger partial charge in [-0.15, -0.1) is 0 Å². The van der Waals surface area contributed by atoms with Crippen molar-refractivity contribution in [1.82, 2.24) is 14.9 Å². The number of benzene rings is 1. The molecule has 32 heavy (non-hydrogen) atoms. The van der Waals surface area contributed by atoms with Gasteiger partial charge in [-0.05, 0) is 69.5 Å². The molecular weight excluding hydrogens is 454 g/mol. The lowest BCUT2D eigenvalue weighted by molar-refractivity contribution is -0.128. The summed E-state index contributed by atoms with van der Waals surface area (Å²) in [7, 11) is -3.61. The van der Waals surface area contributed by atoms with Crippen LogP contribution in [-0.2, 0) is 19.6 Å². The number of hydrogen-bond acceptors (Lipinski definition) is 6. The van der Waals surface area contributed by atoms with Gasteiger partial charge in [0, 0.05) is 24.5 Å². The van der Waals surface area contributed by atoms with Crippen LogP contribution in [0.2, 0.25) is 5.02 Å². The number of nitrogens with zero attached hydrogens (tertiary/aromatic N) is 1. The monoisotopic (exact) mass is 487 g/mol. The first-order valence-electron chi connectivity index (χ1n) is 11.4. The zero-order valence-corrected chi connectivity index (χ0v) is 19.9. The predicted molar refractivity (Wildman–Crippen MR) is 123 cm³/mol. The number of aliphatic hydroxyl groups excluding tert-OH is 1. The number of hydrogen-bond donors (Lipinski definition) is 3. The molecule has 2 aliphatic rings. The van der Waals surface area contributed by atoms with E-state index in [1.54, 1.807) is 0 Å². The first-order chi connectivity index (χ1) is 15.4. The van der Waals surface area contributed by atoms with E-state index in [-0.39, 0.29) is 36.1 Å². The summed E-state index contributed by atoms with van der Waals surface area (Å²) < 4.78 is 33.3. The van der Waals surface area contributed by atoms with Crippen molar-refractivity contribution >= 4 is 27.5 Å². The van der Waals surface area contributed by atoms with Gasteiger partial charge in [-0.25, -0.2) is 13.1 Å².